The number of carbonyl (C=O) groups excluding carboxylic acids is 1. The fraction of sp³-hybridized carbons (Fsp3) is 0.429. The highest BCUT2D eigenvalue weighted by molar-refractivity contribution is 6.32. The minimum absolute atomic E-state index is 0.0579. The summed E-state index contributed by atoms with van der Waals surface area (Å²) in [6, 6.07) is 2.96. The van der Waals surface area contributed by atoms with Gasteiger partial charge in [0.05, 0.1) is 5.56 Å². The van der Waals surface area contributed by atoms with Crippen molar-refractivity contribution in [2.24, 2.45) is 0 Å². The van der Waals surface area contributed by atoms with E-state index in [4.69, 9.17) is 16.7 Å². The van der Waals surface area contributed by atoms with Crippen LogP contribution in [0.5, 0.6) is 5.75 Å². The molecule has 1 rings (SSSR count). The lowest BCUT2D eigenvalue weighted by atomic mass is 9.99. The number of phenolic OH excluding ortho intramolecular Hbond substituents is 1. The fourth-order valence-corrected chi connectivity index (χ4v) is 2.04. The zero-order valence-corrected chi connectivity index (χ0v) is 11.5. The second kappa shape index (κ2) is 7.14. The average molecular weight is 285 g/mol. The van der Waals surface area contributed by atoms with Gasteiger partial charge in [-0.25, -0.2) is 0 Å². The van der Waals surface area contributed by atoms with Crippen molar-refractivity contribution in [3.63, 3.8) is 0 Å². The van der Waals surface area contributed by atoms with Gasteiger partial charge >= 0.3 is 5.97 Å². The minimum Gasteiger partial charge on any atom is -0.507 e. The largest absolute Gasteiger partial charge is 0.507 e. The lowest BCUT2D eigenvalue weighted by Crippen LogP contribution is -2.03. The first kappa shape index (κ1) is 15.5. The maximum absolute atomic E-state index is 12.0. The summed E-state index contributed by atoms with van der Waals surface area (Å²) in [5.74, 6) is -1.04. The molecule has 0 aromatic heterocycles. The molecule has 104 valence electrons. The number of phenols is 1. The number of aliphatic carboxylic acids is 1. The lowest BCUT2D eigenvalue weighted by Gasteiger charge is -2.08. The Hall–Kier alpha value is -1.55. The monoisotopic (exact) mass is 284 g/mol. The number of rotatable bonds is 7. The Morgan fingerprint density at radius 2 is 1.79 bits per heavy atom. The van der Waals surface area contributed by atoms with Crippen LogP contribution in [-0.4, -0.2) is 22.0 Å². The summed E-state index contributed by atoms with van der Waals surface area (Å²) >= 11 is 5.92. The van der Waals surface area contributed by atoms with Gasteiger partial charge in [-0.05, 0) is 37.5 Å². The van der Waals surface area contributed by atoms with Crippen LogP contribution in [0.4, 0.5) is 0 Å². The number of carboxylic acids is 1. The molecule has 5 heteroatoms. The highest BCUT2D eigenvalue weighted by atomic mass is 35.5. The molecule has 4 nitrogen and oxygen atoms in total. The fourth-order valence-electron chi connectivity index (χ4n) is 1.89. The number of benzene rings is 1. The Kier molecular flexibility index (Phi) is 5.83. The third-order valence-corrected chi connectivity index (χ3v) is 3.36. The Morgan fingerprint density at radius 3 is 2.42 bits per heavy atom. The zero-order chi connectivity index (χ0) is 14.4. The van der Waals surface area contributed by atoms with Gasteiger partial charge in [0.25, 0.3) is 0 Å². The van der Waals surface area contributed by atoms with Crippen LogP contribution in [0.3, 0.4) is 0 Å². The van der Waals surface area contributed by atoms with Crippen molar-refractivity contribution < 1.29 is 19.8 Å². The summed E-state index contributed by atoms with van der Waals surface area (Å²) < 4.78 is 0. The topological polar surface area (TPSA) is 74.6 Å². The highest BCUT2D eigenvalue weighted by Gasteiger charge is 2.15. The summed E-state index contributed by atoms with van der Waals surface area (Å²) in [6.45, 7) is 1.69. The number of Topliss-reactive ketones (excluding diaryl/α,β-unsaturated/α-hetero) is 1. The van der Waals surface area contributed by atoms with E-state index >= 15 is 0 Å². The third-order valence-electron chi connectivity index (χ3n) is 2.95. The predicted molar refractivity (Wildman–Crippen MR) is 72.9 cm³/mol. The van der Waals surface area contributed by atoms with Gasteiger partial charge in [0, 0.05) is 17.9 Å². The van der Waals surface area contributed by atoms with Crippen molar-refractivity contribution in [2.45, 2.75) is 39.0 Å². The molecule has 2 N–H and O–H groups in total. The quantitative estimate of drug-likeness (QED) is 0.593. The number of ketones is 1. The van der Waals surface area contributed by atoms with Crippen LogP contribution < -0.4 is 0 Å². The smallest absolute Gasteiger partial charge is 0.303 e. The molecule has 0 aliphatic rings. The van der Waals surface area contributed by atoms with Gasteiger partial charge in [0.2, 0.25) is 0 Å². The van der Waals surface area contributed by atoms with Crippen LogP contribution in [0.1, 0.15) is 48.0 Å². The molecule has 0 bridgehead atoms. The van der Waals surface area contributed by atoms with Gasteiger partial charge in [-0.15, -0.1) is 0 Å². The standard InChI is InChI=1S/C14H17ClO4/c1-9-10(15)7-8-12(17)14(9)11(16)5-3-2-4-6-13(18)19/h7-8,17H,2-6H2,1H3,(H,18,19). The third kappa shape index (κ3) is 4.56. The normalized spacial score (nSPS) is 10.4. The molecule has 1 aromatic rings. The van der Waals surface area contributed by atoms with Gasteiger partial charge in [0.15, 0.2) is 5.78 Å². The van der Waals surface area contributed by atoms with Crippen molar-refractivity contribution in [1.82, 2.24) is 0 Å². The van der Waals surface area contributed by atoms with E-state index in [0.717, 1.165) is 0 Å². The first-order valence-electron chi connectivity index (χ1n) is 6.16. The van der Waals surface area contributed by atoms with Crippen molar-refractivity contribution in [3.8, 4) is 5.75 Å². The Bertz CT molecular complexity index is 483. The Labute approximate surface area is 117 Å². The van der Waals surface area contributed by atoms with Crippen LogP contribution in [-0.2, 0) is 4.79 Å². The van der Waals surface area contributed by atoms with Crippen molar-refractivity contribution >= 4 is 23.4 Å². The molecule has 1 aromatic carbocycles. The zero-order valence-electron chi connectivity index (χ0n) is 10.8. The van der Waals surface area contributed by atoms with Crippen molar-refractivity contribution in [3.05, 3.63) is 28.3 Å². The summed E-state index contributed by atoms with van der Waals surface area (Å²) in [7, 11) is 0. The summed E-state index contributed by atoms with van der Waals surface area (Å²) in [6.07, 6.45) is 2.25. The molecule has 0 aliphatic carbocycles. The van der Waals surface area contributed by atoms with E-state index in [0.29, 0.717) is 29.8 Å². The van der Waals surface area contributed by atoms with Crippen LogP contribution in [0.25, 0.3) is 0 Å². The molecule has 0 unspecified atom stereocenters. The summed E-state index contributed by atoms with van der Waals surface area (Å²) in [4.78, 5) is 22.3. The number of hydrogen-bond acceptors (Lipinski definition) is 3. The number of hydrogen-bond donors (Lipinski definition) is 2. The SMILES string of the molecule is Cc1c(Cl)ccc(O)c1C(=O)CCCCCC(=O)O. The number of unbranched alkanes of at least 4 members (excludes halogenated alkanes) is 2. The molecular weight excluding hydrogens is 268 g/mol. The molecular formula is C14H17ClO4. The number of halogens is 1. The molecule has 0 heterocycles. The molecule has 0 saturated heterocycles. The van der Waals surface area contributed by atoms with E-state index in [1.165, 1.54) is 6.07 Å². The number of aromatic hydroxyl groups is 1. The molecule has 0 radical (unpaired) electrons. The number of carboxylic acid groups (broad SMARTS) is 1. The van der Waals surface area contributed by atoms with E-state index < -0.39 is 5.97 Å². The maximum atomic E-state index is 12.0. The van der Waals surface area contributed by atoms with Gasteiger partial charge in [-0.1, -0.05) is 18.0 Å². The lowest BCUT2D eigenvalue weighted by molar-refractivity contribution is -0.137. The second-order valence-corrected chi connectivity index (χ2v) is 4.85. The van der Waals surface area contributed by atoms with E-state index in [1.54, 1.807) is 13.0 Å². The molecule has 0 aliphatic heterocycles. The summed E-state index contributed by atoms with van der Waals surface area (Å²) in [5, 5.41) is 18.6. The first-order valence-corrected chi connectivity index (χ1v) is 6.54. The van der Waals surface area contributed by atoms with E-state index in [2.05, 4.69) is 0 Å². The highest BCUT2D eigenvalue weighted by Crippen LogP contribution is 2.28. The number of carbonyl (C=O) groups is 2. The molecule has 19 heavy (non-hydrogen) atoms. The molecule has 0 amide bonds. The van der Waals surface area contributed by atoms with E-state index in [9.17, 15) is 14.7 Å². The minimum atomic E-state index is -0.824. The van der Waals surface area contributed by atoms with Gasteiger partial charge in [0.1, 0.15) is 5.75 Å². The van der Waals surface area contributed by atoms with Crippen molar-refractivity contribution in [2.75, 3.05) is 0 Å². The Morgan fingerprint density at radius 1 is 1.16 bits per heavy atom. The van der Waals surface area contributed by atoms with Crippen LogP contribution >= 0.6 is 11.6 Å². The van der Waals surface area contributed by atoms with Gasteiger partial charge in [-0.3, -0.25) is 9.59 Å². The molecule has 0 spiro atoms. The van der Waals surface area contributed by atoms with E-state index in [-0.39, 0.29) is 29.9 Å². The molecule has 0 saturated carbocycles. The second-order valence-electron chi connectivity index (χ2n) is 4.44. The van der Waals surface area contributed by atoms with Crippen LogP contribution in [0, 0.1) is 6.92 Å². The predicted octanol–water partition coefficient (Wildman–Crippen LogP) is 3.57. The van der Waals surface area contributed by atoms with Gasteiger partial charge in [-0.2, -0.15) is 0 Å². The van der Waals surface area contributed by atoms with Crippen LogP contribution in [0.2, 0.25) is 5.02 Å². The molecule has 0 fully saturated rings. The maximum Gasteiger partial charge on any atom is 0.303 e. The van der Waals surface area contributed by atoms with Gasteiger partial charge < -0.3 is 10.2 Å². The average Bonchev–Trinajstić information content (AvgIpc) is 2.33. The first-order chi connectivity index (χ1) is 8.93. The van der Waals surface area contributed by atoms with Crippen molar-refractivity contribution in [1.29, 1.82) is 0 Å². The Balaban J connectivity index is 2.55. The summed E-state index contributed by atoms with van der Waals surface area (Å²) in [5.41, 5.74) is 0.850. The van der Waals surface area contributed by atoms with Crippen LogP contribution in [0.15, 0.2) is 12.1 Å². The molecule has 0 atom stereocenters. The van der Waals surface area contributed by atoms with E-state index in [1.807, 2.05) is 0 Å².